The number of rotatable bonds is 3. The molecule has 0 spiro atoms. The van der Waals surface area contributed by atoms with Gasteiger partial charge in [-0.2, -0.15) is 0 Å². The third kappa shape index (κ3) is 2.08. The van der Waals surface area contributed by atoms with Gasteiger partial charge in [0.05, 0.1) is 11.7 Å². The smallest absolute Gasteiger partial charge is 0.0916 e. The van der Waals surface area contributed by atoms with E-state index < -0.39 is 6.10 Å². The van der Waals surface area contributed by atoms with Crippen molar-refractivity contribution in [3.8, 4) is 0 Å². The molecule has 2 unspecified atom stereocenters. The Balaban J connectivity index is 2.49. The van der Waals surface area contributed by atoms with Crippen LogP contribution in [0.2, 0.25) is 0 Å². The van der Waals surface area contributed by atoms with Crippen molar-refractivity contribution in [2.24, 2.45) is 0 Å². The van der Waals surface area contributed by atoms with Crippen molar-refractivity contribution >= 4 is 0 Å². The summed E-state index contributed by atoms with van der Waals surface area (Å²) in [7, 11) is 0. The molecular formula is C10H18O2. The normalized spacial score (nSPS) is 31.9. The highest BCUT2D eigenvalue weighted by atomic mass is 16.5. The van der Waals surface area contributed by atoms with Crippen molar-refractivity contribution in [3.63, 3.8) is 0 Å². The summed E-state index contributed by atoms with van der Waals surface area (Å²) in [5, 5.41) is 9.79. The number of aliphatic hydroxyl groups excluding tert-OH is 1. The minimum absolute atomic E-state index is 0.320. The fourth-order valence-corrected chi connectivity index (χ4v) is 1.61. The van der Waals surface area contributed by atoms with E-state index in [2.05, 4.69) is 6.58 Å². The Morgan fingerprint density at radius 3 is 2.83 bits per heavy atom. The fraction of sp³-hybridized carbons (Fsp3) is 0.800. The molecule has 1 aliphatic heterocycles. The third-order valence-electron chi connectivity index (χ3n) is 2.50. The molecule has 2 nitrogen and oxygen atoms in total. The molecule has 70 valence electrons. The topological polar surface area (TPSA) is 29.5 Å². The predicted octanol–water partition coefficient (Wildman–Crippen LogP) is 1.88. The van der Waals surface area contributed by atoms with E-state index in [9.17, 15) is 5.11 Å². The highest BCUT2D eigenvalue weighted by Crippen LogP contribution is 2.30. The minimum atomic E-state index is -0.391. The molecule has 1 heterocycles. The first-order valence-electron chi connectivity index (χ1n) is 4.51. The molecule has 12 heavy (non-hydrogen) atoms. The summed E-state index contributed by atoms with van der Waals surface area (Å²) < 4.78 is 5.51. The zero-order valence-electron chi connectivity index (χ0n) is 7.97. The molecule has 0 aromatic rings. The van der Waals surface area contributed by atoms with Crippen LogP contribution in [0.15, 0.2) is 12.2 Å². The summed E-state index contributed by atoms with van der Waals surface area (Å²) in [6.45, 7) is 8.48. The van der Waals surface area contributed by atoms with Gasteiger partial charge in [-0.1, -0.05) is 5.57 Å². The Labute approximate surface area is 74.2 Å². The summed E-state index contributed by atoms with van der Waals surface area (Å²) in [4.78, 5) is 0. The molecule has 0 amide bonds. The van der Waals surface area contributed by atoms with E-state index in [4.69, 9.17) is 4.74 Å². The van der Waals surface area contributed by atoms with Crippen molar-refractivity contribution in [1.29, 1.82) is 0 Å². The summed E-state index contributed by atoms with van der Waals surface area (Å²) in [6, 6.07) is 0. The van der Waals surface area contributed by atoms with Gasteiger partial charge in [0, 0.05) is 6.61 Å². The van der Waals surface area contributed by atoms with Crippen LogP contribution in [0, 0.1) is 0 Å². The van der Waals surface area contributed by atoms with Gasteiger partial charge >= 0.3 is 0 Å². The maximum atomic E-state index is 9.79. The van der Waals surface area contributed by atoms with Crippen LogP contribution in [0.3, 0.4) is 0 Å². The maximum absolute atomic E-state index is 9.79. The van der Waals surface area contributed by atoms with E-state index in [1.165, 1.54) is 0 Å². The lowest BCUT2D eigenvalue weighted by Gasteiger charge is -2.29. The van der Waals surface area contributed by atoms with Crippen LogP contribution in [-0.2, 0) is 4.74 Å². The van der Waals surface area contributed by atoms with Gasteiger partial charge in [-0.05, 0) is 33.1 Å². The summed E-state index contributed by atoms with van der Waals surface area (Å²) >= 11 is 0. The van der Waals surface area contributed by atoms with Crippen LogP contribution < -0.4 is 0 Å². The molecule has 1 rings (SSSR count). The second kappa shape index (κ2) is 3.58. The van der Waals surface area contributed by atoms with Crippen LogP contribution in [0.5, 0.6) is 0 Å². The van der Waals surface area contributed by atoms with Crippen LogP contribution in [0.25, 0.3) is 0 Å². The van der Waals surface area contributed by atoms with E-state index in [1.54, 1.807) is 0 Å². The van der Waals surface area contributed by atoms with E-state index >= 15 is 0 Å². The largest absolute Gasteiger partial charge is 0.390 e. The highest BCUT2D eigenvalue weighted by Gasteiger charge is 2.36. The first-order valence-corrected chi connectivity index (χ1v) is 4.51. The molecule has 0 saturated carbocycles. The molecule has 1 N–H and O–H groups in total. The zero-order chi connectivity index (χ0) is 9.19. The molecule has 2 heteroatoms. The first kappa shape index (κ1) is 9.75. The van der Waals surface area contributed by atoms with Crippen molar-refractivity contribution in [1.82, 2.24) is 0 Å². The van der Waals surface area contributed by atoms with E-state index in [0.29, 0.717) is 6.42 Å². The lowest BCUT2D eigenvalue weighted by Crippen LogP contribution is -2.38. The average Bonchev–Trinajstić information content (AvgIpc) is 2.36. The number of hydrogen-bond acceptors (Lipinski definition) is 2. The van der Waals surface area contributed by atoms with Gasteiger partial charge in [0.25, 0.3) is 0 Å². The van der Waals surface area contributed by atoms with Gasteiger partial charge in [0.15, 0.2) is 0 Å². The number of hydrogen-bond donors (Lipinski definition) is 1. The van der Waals surface area contributed by atoms with Crippen LogP contribution in [0.4, 0.5) is 0 Å². The van der Waals surface area contributed by atoms with Gasteiger partial charge in [-0.25, -0.2) is 0 Å². The van der Waals surface area contributed by atoms with Gasteiger partial charge in [0.1, 0.15) is 0 Å². The fourth-order valence-electron chi connectivity index (χ4n) is 1.61. The Morgan fingerprint density at radius 2 is 2.42 bits per heavy atom. The average molecular weight is 170 g/mol. The molecule has 0 bridgehead atoms. The van der Waals surface area contributed by atoms with Crippen molar-refractivity contribution < 1.29 is 9.84 Å². The van der Waals surface area contributed by atoms with Gasteiger partial charge in [0.2, 0.25) is 0 Å². The summed E-state index contributed by atoms with van der Waals surface area (Å²) in [5.41, 5.74) is 0.693. The van der Waals surface area contributed by atoms with E-state index in [-0.39, 0.29) is 5.60 Å². The van der Waals surface area contributed by atoms with E-state index in [0.717, 1.165) is 25.0 Å². The monoisotopic (exact) mass is 170 g/mol. The summed E-state index contributed by atoms with van der Waals surface area (Å²) in [5.74, 6) is 0. The molecule has 1 fully saturated rings. The minimum Gasteiger partial charge on any atom is -0.390 e. The molecule has 1 aliphatic rings. The lowest BCUT2D eigenvalue weighted by molar-refractivity contribution is -0.0767. The van der Waals surface area contributed by atoms with Crippen LogP contribution in [-0.4, -0.2) is 23.4 Å². The van der Waals surface area contributed by atoms with Gasteiger partial charge in [-0.3, -0.25) is 0 Å². The summed E-state index contributed by atoms with van der Waals surface area (Å²) in [6.07, 6.45) is 2.28. The molecule has 0 aromatic carbocycles. The molecule has 1 saturated heterocycles. The molecule has 0 radical (unpaired) electrons. The maximum Gasteiger partial charge on any atom is 0.0916 e. The molecular weight excluding hydrogens is 152 g/mol. The predicted molar refractivity (Wildman–Crippen MR) is 49.0 cm³/mol. The molecule has 0 aromatic heterocycles. The SMILES string of the molecule is C=C(C)CC(O)C1(C)CCCO1. The van der Waals surface area contributed by atoms with E-state index in [1.807, 2.05) is 13.8 Å². The second-order valence-corrected chi connectivity index (χ2v) is 3.94. The van der Waals surface area contributed by atoms with Crippen molar-refractivity contribution in [3.05, 3.63) is 12.2 Å². The van der Waals surface area contributed by atoms with Crippen molar-refractivity contribution in [2.45, 2.75) is 44.8 Å². The van der Waals surface area contributed by atoms with Crippen LogP contribution >= 0.6 is 0 Å². The standard InChI is InChI=1S/C10H18O2/c1-8(2)7-9(11)10(3)5-4-6-12-10/h9,11H,1,4-7H2,2-3H3. The quantitative estimate of drug-likeness (QED) is 0.655. The Hall–Kier alpha value is -0.340. The van der Waals surface area contributed by atoms with Gasteiger partial charge < -0.3 is 9.84 Å². The Bertz CT molecular complexity index is 169. The number of aliphatic hydroxyl groups is 1. The second-order valence-electron chi connectivity index (χ2n) is 3.94. The molecule has 0 aliphatic carbocycles. The molecule has 2 atom stereocenters. The zero-order valence-corrected chi connectivity index (χ0v) is 7.97. The Morgan fingerprint density at radius 1 is 1.75 bits per heavy atom. The highest BCUT2D eigenvalue weighted by molar-refractivity contribution is 4.98. The number of ether oxygens (including phenoxy) is 1. The van der Waals surface area contributed by atoms with Crippen molar-refractivity contribution in [2.75, 3.05) is 6.61 Å². The lowest BCUT2D eigenvalue weighted by atomic mass is 9.91. The van der Waals surface area contributed by atoms with Gasteiger partial charge in [-0.15, -0.1) is 6.58 Å². The third-order valence-corrected chi connectivity index (χ3v) is 2.50. The first-order chi connectivity index (χ1) is 5.54. The Kier molecular flexibility index (Phi) is 2.91. The van der Waals surface area contributed by atoms with Crippen LogP contribution in [0.1, 0.15) is 33.1 Å².